The van der Waals surface area contributed by atoms with Crippen LogP contribution in [0.15, 0.2) is 41.3 Å². The third-order valence-corrected chi connectivity index (χ3v) is 4.55. The number of carbonyl (C=O) groups excluding carboxylic acids is 1. The van der Waals surface area contributed by atoms with E-state index in [9.17, 15) is 9.59 Å². The number of ether oxygens (including phenoxy) is 1. The van der Waals surface area contributed by atoms with E-state index >= 15 is 0 Å². The minimum Gasteiger partial charge on any atom is -0.444 e. The molecule has 0 unspecified atom stereocenters. The second-order valence-corrected chi connectivity index (χ2v) is 8.54. The molecule has 2 heterocycles. The fourth-order valence-corrected chi connectivity index (χ4v) is 3.16. The van der Waals surface area contributed by atoms with Gasteiger partial charge in [-0.05, 0) is 63.9 Å². The number of amides is 1. The Hall–Kier alpha value is -3.66. The zero-order chi connectivity index (χ0) is 23.8. The second kappa shape index (κ2) is 10.8. The minimum atomic E-state index is -0.535. The lowest BCUT2D eigenvalue weighted by Gasteiger charge is -2.19. The van der Waals surface area contributed by atoms with Crippen molar-refractivity contribution in [1.29, 1.82) is 0 Å². The summed E-state index contributed by atoms with van der Waals surface area (Å²) in [6.07, 6.45) is 2.50. The molecule has 0 saturated heterocycles. The van der Waals surface area contributed by atoms with Crippen LogP contribution in [0.3, 0.4) is 0 Å². The van der Waals surface area contributed by atoms with Crippen molar-refractivity contribution in [1.82, 2.24) is 20.3 Å². The van der Waals surface area contributed by atoms with E-state index in [4.69, 9.17) is 10.5 Å². The van der Waals surface area contributed by atoms with E-state index in [-0.39, 0.29) is 5.56 Å². The van der Waals surface area contributed by atoms with Gasteiger partial charge in [-0.15, -0.1) is 0 Å². The Balaban J connectivity index is 1.70. The number of aromatic amines is 1. The highest BCUT2D eigenvalue weighted by Gasteiger charge is 2.15. The van der Waals surface area contributed by atoms with E-state index < -0.39 is 11.7 Å². The molecule has 0 saturated carbocycles. The largest absolute Gasteiger partial charge is 0.444 e. The van der Waals surface area contributed by atoms with E-state index in [0.717, 1.165) is 17.7 Å². The molecule has 2 aromatic heterocycles. The van der Waals surface area contributed by atoms with Crippen molar-refractivity contribution >= 4 is 34.4 Å². The zero-order valence-electron chi connectivity index (χ0n) is 19.2. The number of fused-ring (bicyclic) bond motifs is 1. The molecule has 3 aromatic rings. The lowest BCUT2D eigenvalue weighted by molar-refractivity contribution is 0.0528. The van der Waals surface area contributed by atoms with Gasteiger partial charge in [0.25, 0.3) is 5.56 Å². The molecule has 0 spiro atoms. The molecule has 0 fully saturated rings. The maximum atomic E-state index is 12.5. The molecule has 0 bridgehead atoms. The molecular formula is C23H31N7O3. The summed E-state index contributed by atoms with van der Waals surface area (Å²) in [6.45, 7) is 6.96. The Morgan fingerprint density at radius 2 is 2.00 bits per heavy atom. The van der Waals surface area contributed by atoms with Crippen molar-refractivity contribution in [3.8, 4) is 0 Å². The Morgan fingerprint density at radius 1 is 1.18 bits per heavy atom. The smallest absolute Gasteiger partial charge is 0.407 e. The summed E-state index contributed by atoms with van der Waals surface area (Å²) in [6, 6.07) is 9.54. The number of hydrogen-bond donors (Lipinski definition) is 5. The number of anilines is 3. The van der Waals surface area contributed by atoms with Crippen LogP contribution >= 0.6 is 0 Å². The maximum absolute atomic E-state index is 12.5. The zero-order valence-corrected chi connectivity index (χ0v) is 19.2. The topological polar surface area (TPSA) is 147 Å². The third kappa shape index (κ3) is 7.18. The van der Waals surface area contributed by atoms with Crippen molar-refractivity contribution in [3.05, 3.63) is 52.4 Å². The van der Waals surface area contributed by atoms with Crippen molar-refractivity contribution in [2.75, 3.05) is 30.3 Å². The van der Waals surface area contributed by atoms with Gasteiger partial charge in [0.2, 0.25) is 5.95 Å². The van der Waals surface area contributed by atoms with Gasteiger partial charge in [0, 0.05) is 25.0 Å². The van der Waals surface area contributed by atoms with Crippen LogP contribution in [-0.4, -0.2) is 46.3 Å². The minimum absolute atomic E-state index is 0.277. The first-order valence-corrected chi connectivity index (χ1v) is 10.9. The predicted molar refractivity (Wildman–Crippen MR) is 130 cm³/mol. The Kier molecular flexibility index (Phi) is 7.83. The number of pyridine rings is 1. The summed E-state index contributed by atoms with van der Waals surface area (Å²) >= 11 is 0. The molecule has 1 aromatic carbocycles. The number of alkyl carbamates (subject to hydrolysis) is 1. The normalized spacial score (nSPS) is 11.3. The number of benzene rings is 1. The van der Waals surface area contributed by atoms with Gasteiger partial charge in [-0.1, -0.05) is 12.1 Å². The predicted octanol–water partition coefficient (Wildman–Crippen LogP) is 2.89. The summed E-state index contributed by atoms with van der Waals surface area (Å²) < 4.78 is 5.21. The van der Waals surface area contributed by atoms with Crippen LogP contribution < -0.4 is 27.2 Å². The van der Waals surface area contributed by atoms with Crippen LogP contribution in [0.1, 0.15) is 32.8 Å². The van der Waals surface area contributed by atoms with Crippen molar-refractivity contribution < 1.29 is 9.53 Å². The van der Waals surface area contributed by atoms with Crippen LogP contribution in [0, 0.1) is 0 Å². The summed E-state index contributed by atoms with van der Waals surface area (Å²) in [5, 5.41) is 9.48. The summed E-state index contributed by atoms with van der Waals surface area (Å²) in [7, 11) is 0. The van der Waals surface area contributed by atoms with Gasteiger partial charge >= 0.3 is 6.09 Å². The summed E-state index contributed by atoms with van der Waals surface area (Å²) in [5.74, 6) is 0.784. The van der Waals surface area contributed by atoms with Crippen LogP contribution in [0.25, 0.3) is 10.9 Å². The highest BCUT2D eigenvalue weighted by molar-refractivity contribution is 5.90. The number of nitrogens with two attached hydrogens (primary N) is 1. The van der Waals surface area contributed by atoms with Crippen molar-refractivity contribution in [2.24, 2.45) is 5.73 Å². The van der Waals surface area contributed by atoms with Gasteiger partial charge in [0.15, 0.2) is 0 Å². The molecule has 0 radical (unpaired) electrons. The molecule has 0 aliphatic carbocycles. The first kappa shape index (κ1) is 24.0. The van der Waals surface area contributed by atoms with Gasteiger partial charge in [-0.2, -0.15) is 4.98 Å². The Bertz CT molecular complexity index is 1150. The number of rotatable bonds is 9. The van der Waals surface area contributed by atoms with Crippen LogP contribution in [0.2, 0.25) is 0 Å². The number of nitrogens with zero attached hydrogens (tertiary/aromatic N) is 2. The number of nitrogens with one attached hydrogen (secondary N) is 4. The standard InChI is InChI=1S/C23H31N7O3/c1-23(2,3)33-22(32)27-12-5-11-26-21-29-17-9-13-25-20(31)18(17)19(30-21)28-16-7-4-6-15(14-16)8-10-24/h4,6-7,9,13-14H,5,8,10-12,24H2,1-3H3,(H,25,31)(H,27,32)(H2,26,28,29,30). The number of aromatic nitrogens is 3. The maximum Gasteiger partial charge on any atom is 0.407 e. The van der Waals surface area contributed by atoms with Crippen LogP contribution in [-0.2, 0) is 11.2 Å². The first-order chi connectivity index (χ1) is 15.7. The summed E-state index contributed by atoms with van der Waals surface area (Å²) in [5.41, 5.74) is 7.26. The molecule has 0 aliphatic rings. The van der Waals surface area contributed by atoms with Gasteiger partial charge in [-0.3, -0.25) is 4.79 Å². The van der Waals surface area contributed by atoms with E-state index in [1.54, 1.807) is 12.3 Å². The number of H-pyrrole nitrogens is 1. The molecule has 0 aliphatic heterocycles. The van der Waals surface area contributed by atoms with Gasteiger partial charge in [0.05, 0.1) is 5.52 Å². The van der Waals surface area contributed by atoms with Gasteiger partial charge < -0.3 is 31.4 Å². The molecule has 6 N–H and O–H groups in total. The SMILES string of the molecule is CC(C)(C)OC(=O)NCCCNc1nc(Nc2cccc(CCN)c2)c2c(=O)[nH]ccc2n1. The van der Waals surface area contributed by atoms with Crippen LogP contribution in [0.4, 0.5) is 22.2 Å². The first-order valence-electron chi connectivity index (χ1n) is 10.9. The van der Waals surface area contributed by atoms with Gasteiger partial charge in [0.1, 0.15) is 16.8 Å². The molecular weight excluding hydrogens is 422 g/mol. The second-order valence-electron chi connectivity index (χ2n) is 8.54. The number of hydrogen-bond acceptors (Lipinski definition) is 8. The summed E-state index contributed by atoms with van der Waals surface area (Å²) in [4.78, 5) is 35.8. The monoisotopic (exact) mass is 453 g/mol. The van der Waals surface area contributed by atoms with Gasteiger partial charge in [-0.25, -0.2) is 9.78 Å². The highest BCUT2D eigenvalue weighted by atomic mass is 16.6. The molecule has 176 valence electrons. The van der Waals surface area contributed by atoms with E-state index in [2.05, 4.69) is 30.9 Å². The van der Waals surface area contributed by atoms with E-state index in [1.165, 1.54) is 0 Å². The number of carbonyl (C=O) groups is 1. The van der Waals surface area contributed by atoms with Crippen molar-refractivity contribution in [3.63, 3.8) is 0 Å². The highest BCUT2D eigenvalue weighted by Crippen LogP contribution is 2.23. The van der Waals surface area contributed by atoms with Crippen molar-refractivity contribution in [2.45, 2.75) is 39.2 Å². The van der Waals surface area contributed by atoms with E-state index in [1.807, 2.05) is 45.0 Å². The van der Waals surface area contributed by atoms with Crippen LogP contribution in [0.5, 0.6) is 0 Å². The fourth-order valence-electron chi connectivity index (χ4n) is 3.16. The lowest BCUT2D eigenvalue weighted by Crippen LogP contribution is -2.33. The molecule has 3 rings (SSSR count). The molecule has 0 atom stereocenters. The molecule has 10 nitrogen and oxygen atoms in total. The quantitative estimate of drug-likeness (QED) is 0.311. The molecule has 10 heteroatoms. The average Bonchev–Trinajstić information content (AvgIpc) is 2.73. The molecule has 1 amide bonds. The van der Waals surface area contributed by atoms with E-state index in [0.29, 0.717) is 48.7 Å². The Morgan fingerprint density at radius 3 is 2.76 bits per heavy atom. The average molecular weight is 454 g/mol. The molecule has 33 heavy (non-hydrogen) atoms. The third-order valence-electron chi connectivity index (χ3n) is 4.55. The Labute approximate surface area is 192 Å². The fraction of sp³-hybridized carbons (Fsp3) is 0.391. The lowest BCUT2D eigenvalue weighted by atomic mass is 10.1.